The smallest absolute Gasteiger partial charge is 0.303 e. The molecule has 0 spiro atoms. The number of carboxylic acid groups (broad SMARTS) is 1. The summed E-state index contributed by atoms with van der Waals surface area (Å²) in [4.78, 5) is 28.0. The van der Waals surface area contributed by atoms with Crippen molar-refractivity contribution in [1.82, 2.24) is 10.3 Å². The lowest BCUT2D eigenvalue weighted by Gasteiger charge is -2.16. The van der Waals surface area contributed by atoms with E-state index in [1.54, 1.807) is 19.4 Å². The topological polar surface area (TPSA) is 113 Å². The van der Waals surface area contributed by atoms with Crippen LogP contribution in [0, 0.1) is 13.8 Å². The number of rotatable bonds is 11. The minimum Gasteiger partial charge on any atom is -0.496 e. The van der Waals surface area contributed by atoms with Crippen LogP contribution in [0.25, 0.3) is 11.1 Å². The minimum atomic E-state index is -0.816. The van der Waals surface area contributed by atoms with Gasteiger partial charge in [0.1, 0.15) is 11.4 Å². The van der Waals surface area contributed by atoms with Crippen molar-refractivity contribution in [2.24, 2.45) is 0 Å². The van der Waals surface area contributed by atoms with Gasteiger partial charge in [0.25, 0.3) is 5.91 Å². The molecule has 0 bridgehead atoms. The molecular formula is C27H32N4O4. The lowest BCUT2D eigenvalue weighted by atomic mass is 9.94. The fourth-order valence-electron chi connectivity index (χ4n) is 3.95. The van der Waals surface area contributed by atoms with Gasteiger partial charge in [-0.3, -0.25) is 14.6 Å². The van der Waals surface area contributed by atoms with E-state index in [9.17, 15) is 9.59 Å². The average molecular weight is 477 g/mol. The molecule has 0 unspecified atom stereocenters. The predicted molar refractivity (Wildman–Crippen MR) is 138 cm³/mol. The number of carbonyl (C=O) groups excluding carboxylic acids is 1. The van der Waals surface area contributed by atoms with Crippen LogP contribution in [0.4, 0.5) is 11.4 Å². The number of carboxylic acids is 1. The highest BCUT2D eigenvalue weighted by atomic mass is 16.5. The van der Waals surface area contributed by atoms with Gasteiger partial charge in [-0.05, 0) is 61.2 Å². The molecule has 0 aliphatic rings. The highest BCUT2D eigenvalue weighted by Gasteiger charge is 2.15. The number of pyridine rings is 1. The summed E-state index contributed by atoms with van der Waals surface area (Å²) in [6, 6.07) is 13.6. The second kappa shape index (κ2) is 12.0. The van der Waals surface area contributed by atoms with E-state index >= 15 is 0 Å². The summed E-state index contributed by atoms with van der Waals surface area (Å²) in [6.07, 6.45) is 2.25. The molecule has 1 amide bonds. The van der Waals surface area contributed by atoms with Gasteiger partial charge < -0.3 is 25.8 Å². The summed E-state index contributed by atoms with van der Waals surface area (Å²) >= 11 is 0. The molecule has 0 saturated carbocycles. The molecule has 1 aromatic heterocycles. The van der Waals surface area contributed by atoms with E-state index in [1.807, 2.05) is 44.3 Å². The quantitative estimate of drug-likeness (QED) is 0.299. The lowest BCUT2D eigenvalue weighted by Crippen LogP contribution is -2.18. The molecule has 8 heteroatoms. The van der Waals surface area contributed by atoms with Gasteiger partial charge in [-0.1, -0.05) is 24.3 Å². The normalized spacial score (nSPS) is 10.6. The number of aliphatic carboxylic acids is 1. The van der Waals surface area contributed by atoms with Gasteiger partial charge in [-0.15, -0.1) is 0 Å². The third-order valence-electron chi connectivity index (χ3n) is 5.93. The highest BCUT2D eigenvalue weighted by Crippen LogP contribution is 2.33. The number of nitrogens with zero attached hydrogens (tertiary/aromatic N) is 1. The molecule has 0 fully saturated rings. The van der Waals surface area contributed by atoms with E-state index in [-0.39, 0.29) is 18.0 Å². The van der Waals surface area contributed by atoms with Gasteiger partial charge >= 0.3 is 5.97 Å². The zero-order valence-corrected chi connectivity index (χ0v) is 20.6. The number of methoxy groups -OCH3 is 1. The van der Waals surface area contributed by atoms with Crippen LogP contribution in [0.2, 0.25) is 0 Å². The second-order valence-electron chi connectivity index (χ2n) is 8.22. The standard InChI is InChI=1S/C27H32N4O4/c1-17-20(8-5-10-22(17)28-3)21-9-6-11-23(18(21)2)31-27(34)24-14-25(35-4)19(16-30-24)15-29-13-7-12-26(32)33/h5-6,8-11,14,16,28-29H,7,12-13,15H2,1-4H3,(H,31,34)(H,32,33). The largest absolute Gasteiger partial charge is 0.496 e. The number of carbonyl (C=O) groups is 2. The van der Waals surface area contributed by atoms with Crippen molar-refractivity contribution in [3.8, 4) is 16.9 Å². The van der Waals surface area contributed by atoms with Crippen LogP contribution >= 0.6 is 0 Å². The first kappa shape index (κ1) is 25.7. The summed E-state index contributed by atoms with van der Waals surface area (Å²) in [5.41, 5.74) is 7.06. The maximum absolute atomic E-state index is 13.0. The Morgan fingerprint density at radius 1 is 1.03 bits per heavy atom. The molecule has 0 aliphatic heterocycles. The number of nitrogens with one attached hydrogen (secondary N) is 3. The Balaban J connectivity index is 1.75. The van der Waals surface area contributed by atoms with Crippen molar-refractivity contribution in [1.29, 1.82) is 0 Å². The van der Waals surface area contributed by atoms with Gasteiger partial charge in [-0.2, -0.15) is 0 Å². The predicted octanol–water partition coefficient (Wildman–Crippen LogP) is 4.62. The molecule has 4 N–H and O–H groups in total. The zero-order chi connectivity index (χ0) is 25.4. The lowest BCUT2D eigenvalue weighted by molar-refractivity contribution is -0.137. The van der Waals surface area contributed by atoms with Gasteiger partial charge in [0.2, 0.25) is 0 Å². The first-order chi connectivity index (χ1) is 16.8. The Bertz CT molecular complexity index is 1210. The SMILES string of the molecule is CNc1cccc(-c2cccc(NC(=O)c3cc(OC)c(CNCCCC(=O)O)cn3)c2C)c1C. The third kappa shape index (κ3) is 6.36. The molecule has 0 saturated heterocycles. The number of hydrogen-bond acceptors (Lipinski definition) is 6. The van der Waals surface area contributed by atoms with Gasteiger partial charge in [-0.25, -0.2) is 0 Å². The van der Waals surface area contributed by atoms with Crippen molar-refractivity contribution in [3.05, 3.63) is 71.0 Å². The van der Waals surface area contributed by atoms with Crippen LogP contribution in [0.15, 0.2) is 48.7 Å². The first-order valence-corrected chi connectivity index (χ1v) is 11.5. The number of hydrogen-bond donors (Lipinski definition) is 4. The molecule has 3 aromatic rings. The van der Waals surface area contributed by atoms with Gasteiger partial charge in [0, 0.05) is 49.2 Å². The Morgan fingerprint density at radius 2 is 1.69 bits per heavy atom. The maximum Gasteiger partial charge on any atom is 0.303 e. The van der Waals surface area contributed by atoms with E-state index in [0.717, 1.165) is 33.5 Å². The molecule has 0 aliphatic carbocycles. The third-order valence-corrected chi connectivity index (χ3v) is 5.93. The van der Waals surface area contributed by atoms with E-state index in [1.165, 1.54) is 0 Å². The Hall–Kier alpha value is -3.91. The van der Waals surface area contributed by atoms with Gasteiger partial charge in [0.15, 0.2) is 0 Å². The van der Waals surface area contributed by atoms with E-state index in [2.05, 4.69) is 33.9 Å². The Morgan fingerprint density at radius 3 is 2.31 bits per heavy atom. The zero-order valence-electron chi connectivity index (χ0n) is 20.6. The molecule has 3 rings (SSSR count). The highest BCUT2D eigenvalue weighted by molar-refractivity contribution is 6.04. The van der Waals surface area contributed by atoms with E-state index in [4.69, 9.17) is 9.84 Å². The van der Waals surface area contributed by atoms with Crippen LogP contribution in [0.3, 0.4) is 0 Å². The fourth-order valence-corrected chi connectivity index (χ4v) is 3.95. The molecule has 1 heterocycles. The van der Waals surface area contributed by atoms with Crippen LogP contribution in [0.5, 0.6) is 5.75 Å². The number of ether oxygens (including phenoxy) is 1. The fraction of sp³-hybridized carbons (Fsp3) is 0.296. The Labute approximate surface area is 205 Å². The van der Waals surface area contributed by atoms with Crippen molar-refractivity contribution in [2.45, 2.75) is 33.2 Å². The minimum absolute atomic E-state index is 0.114. The van der Waals surface area contributed by atoms with Crippen molar-refractivity contribution in [3.63, 3.8) is 0 Å². The second-order valence-corrected chi connectivity index (χ2v) is 8.22. The monoisotopic (exact) mass is 476 g/mol. The van der Waals surface area contributed by atoms with Gasteiger partial charge in [0.05, 0.1) is 7.11 Å². The molecule has 184 valence electrons. The molecular weight excluding hydrogens is 444 g/mol. The van der Waals surface area contributed by atoms with Crippen LogP contribution in [-0.4, -0.2) is 42.7 Å². The molecule has 35 heavy (non-hydrogen) atoms. The molecule has 2 aromatic carbocycles. The molecule has 8 nitrogen and oxygen atoms in total. The van der Waals surface area contributed by atoms with Crippen molar-refractivity contribution < 1.29 is 19.4 Å². The van der Waals surface area contributed by atoms with Crippen molar-refractivity contribution >= 4 is 23.3 Å². The molecule has 0 radical (unpaired) electrons. The first-order valence-electron chi connectivity index (χ1n) is 11.5. The van der Waals surface area contributed by atoms with E-state index in [0.29, 0.717) is 30.9 Å². The van der Waals surface area contributed by atoms with E-state index < -0.39 is 5.97 Å². The summed E-state index contributed by atoms with van der Waals surface area (Å²) in [6.45, 7) is 5.09. The summed E-state index contributed by atoms with van der Waals surface area (Å²) in [7, 11) is 3.44. The van der Waals surface area contributed by atoms with Crippen LogP contribution < -0.4 is 20.7 Å². The number of amides is 1. The van der Waals surface area contributed by atoms with Crippen LogP contribution in [-0.2, 0) is 11.3 Å². The van der Waals surface area contributed by atoms with Crippen molar-refractivity contribution in [2.75, 3.05) is 31.3 Å². The van der Waals surface area contributed by atoms with Crippen LogP contribution in [0.1, 0.15) is 40.0 Å². The number of aromatic nitrogens is 1. The maximum atomic E-state index is 13.0. The Kier molecular flexibility index (Phi) is 8.80. The average Bonchev–Trinajstić information content (AvgIpc) is 2.85. The molecule has 0 atom stereocenters. The number of anilines is 2. The summed E-state index contributed by atoms with van der Waals surface area (Å²) in [5, 5.41) is 18.1. The summed E-state index contributed by atoms with van der Waals surface area (Å²) < 4.78 is 5.46. The number of benzene rings is 2. The summed E-state index contributed by atoms with van der Waals surface area (Å²) in [5.74, 6) is -0.602.